The lowest BCUT2D eigenvalue weighted by Gasteiger charge is -1.99. The van der Waals surface area contributed by atoms with Crippen molar-refractivity contribution in [1.29, 1.82) is 0 Å². The molecule has 0 bridgehead atoms. The summed E-state index contributed by atoms with van der Waals surface area (Å²) < 4.78 is 16.2. The Morgan fingerprint density at radius 3 is 2.05 bits per heavy atom. The summed E-state index contributed by atoms with van der Waals surface area (Å²) >= 11 is 0. The largest absolute Gasteiger partial charge is 0.387 e. The molecule has 0 aliphatic carbocycles. The van der Waals surface area contributed by atoms with Gasteiger partial charge in [-0.25, -0.2) is 9.59 Å². The third-order valence-corrected chi connectivity index (χ3v) is 4.55. The summed E-state index contributed by atoms with van der Waals surface area (Å²) in [4.78, 5) is 22.4. The van der Waals surface area contributed by atoms with Crippen molar-refractivity contribution in [3.63, 3.8) is 0 Å². The van der Waals surface area contributed by atoms with Gasteiger partial charge in [-0.15, -0.1) is 0 Å². The van der Waals surface area contributed by atoms with Gasteiger partial charge in [0, 0.05) is 5.57 Å². The van der Waals surface area contributed by atoms with E-state index in [0.29, 0.717) is 6.16 Å². The number of hydrogen-bond acceptors (Lipinski definition) is 4. The van der Waals surface area contributed by atoms with Crippen LogP contribution in [0.4, 0.5) is 0 Å². The quantitative estimate of drug-likeness (QED) is 0.174. The number of unbranched alkanes of at least 4 members (excludes halogenated alkanes) is 7. The van der Waals surface area contributed by atoms with Crippen LogP contribution >= 0.6 is 7.80 Å². The van der Waals surface area contributed by atoms with Crippen molar-refractivity contribution in [3.8, 4) is 0 Å². The number of carbonyl (C=O) groups is 2. The van der Waals surface area contributed by atoms with Crippen LogP contribution in [0.5, 0.6) is 0 Å². The van der Waals surface area contributed by atoms with Gasteiger partial charge in [0.2, 0.25) is 6.16 Å². The van der Waals surface area contributed by atoms with E-state index in [-0.39, 0.29) is 11.7 Å². The van der Waals surface area contributed by atoms with E-state index < -0.39 is 19.7 Å². The second kappa shape index (κ2) is 12.7. The van der Waals surface area contributed by atoms with Crippen molar-refractivity contribution in [2.45, 2.75) is 65.2 Å². The molecule has 120 valence electrons. The summed E-state index contributed by atoms with van der Waals surface area (Å²) in [6.45, 7) is 7.05. The van der Waals surface area contributed by atoms with Gasteiger partial charge in [-0.3, -0.25) is 0 Å². The second-order valence-corrected chi connectivity index (χ2v) is 7.11. The monoisotopic (exact) mass is 315 g/mol. The van der Waals surface area contributed by atoms with Gasteiger partial charge in [0.1, 0.15) is 6.16 Å². The number of ether oxygens (including phenoxy) is 1. The van der Waals surface area contributed by atoms with Crippen LogP contribution in [-0.4, -0.2) is 24.3 Å². The van der Waals surface area contributed by atoms with Crippen LogP contribution in [-0.2, 0) is 18.9 Å². The molecule has 0 rings (SSSR count). The van der Waals surface area contributed by atoms with Crippen LogP contribution in [0.25, 0.3) is 0 Å². The Kier molecular flexibility index (Phi) is 12.1. The first-order chi connectivity index (χ1) is 9.97. The lowest BCUT2D eigenvalue weighted by Crippen LogP contribution is -2.14. The van der Waals surface area contributed by atoms with Crippen molar-refractivity contribution in [2.24, 2.45) is 0 Å². The van der Waals surface area contributed by atoms with E-state index in [1.54, 1.807) is 0 Å². The Bertz CT molecular complexity index is 363. The van der Waals surface area contributed by atoms with Gasteiger partial charge in [0.25, 0.3) is 0 Å². The van der Waals surface area contributed by atoms with Crippen LogP contribution in [0.2, 0.25) is 0 Å². The van der Waals surface area contributed by atoms with Gasteiger partial charge in [0.15, 0.2) is 0 Å². The summed E-state index contributed by atoms with van der Waals surface area (Å²) in [5.74, 6) is -1.46. The Labute approximate surface area is 129 Å². The highest BCUT2D eigenvalue weighted by Gasteiger charge is 2.23. The first kappa shape index (κ1) is 20.0. The fourth-order valence-electron chi connectivity index (χ4n) is 1.87. The molecule has 0 saturated carbocycles. The van der Waals surface area contributed by atoms with E-state index in [1.165, 1.54) is 39.0 Å². The van der Waals surface area contributed by atoms with E-state index >= 15 is 0 Å². The molecule has 0 radical (unpaired) electrons. The average Bonchev–Trinajstić information content (AvgIpc) is 2.41. The molecule has 0 aliphatic rings. The molecule has 0 aromatic rings. The lowest BCUT2D eigenvalue weighted by molar-refractivity contribution is -0.154. The van der Waals surface area contributed by atoms with Gasteiger partial charge in [0.05, 0.1) is 0 Å². The predicted molar refractivity (Wildman–Crippen MR) is 85.9 cm³/mol. The van der Waals surface area contributed by atoms with E-state index in [2.05, 4.69) is 18.2 Å². The van der Waals surface area contributed by atoms with Gasteiger partial charge < -0.3 is 4.74 Å². The molecule has 0 aromatic heterocycles. The maximum atomic E-state index is 11.7. The number of carbonyl (C=O) groups excluding carboxylic acids is 2. The number of rotatable bonds is 12. The average molecular weight is 315 g/mol. The third-order valence-electron chi connectivity index (χ3n) is 3.12. The normalized spacial score (nSPS) is 11.0. The van der Waals surface area contributed by atoms with Crippen molar-refractivity contribution >= 4 is 19.7 Å². The van der Waals surface area contributed by atoms with Crippen LogP contribution in [0.3, 0.4) is 0 Å². The van der Waals surface area contributed by atoms with Crippen LogP contribution in [0.15, 0.2) is 12.2 Å². The third kappa shape index (κ3) is 12.4. The number of esters is 2. The molecule has 21 heavy (non-hydrogen) atoms. The van der Waals surface area contributed by atoms with E-state index in [0.717, 1.165) is 19.3 Å². The van der Waals surface area contributed by atoms with Gasteiger partial charge >= 0.3 is 19.7 Å². The standard InChI is InChI=1S/C16H28O4P/c1-4-5-6-7-8-9-10-11-12-21(19)13-15(17)20-16(18)14(2)3/h2,4-13H2,1,3H3/q+1. The Morgan fingerprint density at radius 2 is 1.52 bits per heavy atom. The predicted octanol–water partition coefficient (Wildman–Crippen LogP) is 4.60. The molecule has 0 aromatic carbocycles. The molecule has 0 fully saturated rings. The first-order valence-electron chi connectivity index (χ1n) is 7.80. The Morgan fingerprint density at radius 1 is 1.00 bits per heavy atom. The minimum atomic E-state index is -1.61. The van der Waals surface area contributed by atoms with Crippen LogP contribution < -0.4 is 0 Å². The highest BCUT2D eigenvalue weighted by molar-refractivity contribution is 7.45. The maximum absolute atomic E-state index is 11.7. The van der Waals surface area contributed by atoms with Gasteiger partial charge in [-0.1, -0.05) is 56.6 Å². The molecule has 0 N–H and O–H groups in total. The van der Waals surface area contributed by atoms with Gasteiger partial charge in [-0.05, 0) is 19.8 Å². The molecule has 0 aliphatic heterocycles. The van der Waals surface area contributed by atoms with E-state index in [9.17, 15) is 14.2 Å². The highest BCUT2D eigenvalue weighted by atomic mass is 31.1. The zero-order chi connectivity index (χ0) is 16.1. The zero-order valence-corrected chi connectivity index (χ0v) is 14.3. The molecule has 0 amide bonds. The molecule has 5 heteroatoms. The molecule has 1 atom stereocenters. The van der Waals surface area contributed by atoms with Crippen molar-refractivity contribution < 1.29 is 18.9 Å². The molecular weight excluding hydrogens is 287 g/mol. The van der Waals surface area contributed by atoms with Gasteiger partial charge in [-0.2, -0.15) is 0 Å². The minimum Gasteiger partial charge on any atom is -0.387 e. The lowest BCUT2D eigenvalue weighted by atomic mass is 10.1. The minimum absolute atomic E-state index is 0.168. The SMILES string of the molecule is C=C(C)C(=O)OC(=O)C[P+](=O)CCCCCCCCCC. The summed E-state index contributed by atoms with van der Waals surface area (Å²) in [6, 6.07) is 0. The maximum Gasteiger partial charge on any atom is 0.362 e. The fourth-order valence-corrected chi connectivity index (χ4v) is 2.95. The first-order valence-corrected chi connectivity index (χ1v) is 9.43. The smallest absolute Gasteiger partial charge is 0.362 e. The summed E-state index contributed by atoms with van der Waals surface area (Å²) in [5.41, 5.74) is 0.168. The topological polar surface area (TPSA) is 60.4 Å². The van der Waals surface area contributed by atoms with Crippen molar-refractivity contribution in [1.82, 2.24) is 0 Å². The zero-order valence-electron chi connectivity index (χ0n) is 13.4. The van der Waals surface area contributed by atoms with E-state index in [1.807, 2.05) is 0 Å². The second-order valence-electron chi connectivity index (χ2n) is 5.38. The van der Waals surface area contributed by atoms with Crippen molar-refractivity contribution in [3.05, 3.63) is 12.2 Å². The molecule has 0 saturated heterocycles. The summed E-state index contributed by atoms with van der Waals surface area (Å²) in [6.07, 6.45) is 9.78. The summed E-state index contributed by atoms with van der Waals surface area (Å²) in [7, 11) is -1.61. The Hall–Kier alpha value is -1.02. The molecule has 0 spiro atoms. The van der Waals surface area contributed by atoms with E-state index in [4.69, 9.17) is 0 Å². The molecular formula is C16H28O4P+. The summed E-state index contributed by atoms with van der Waals surface area (Å²) in [5, 5.41) is 0. The van der Waals surface area contributed by atoms with Crippen LogP contribution in [0, 0.1) is 0 Å². The highest BCUT2D eigenvalue weighted by Crippen LogP contribution is 2.23. The Balaban J connectivity index is 3.56. The molecule has 4 nitrogen and oxygen atoms in total. The molecule has 1 unspecified atom stereocenters. The van der Waals surface area contributed by atoms with Crippen LogP contribution in [0.1, 0.15) is 65.2 Å². The molecule has 0 heterocycles. The number of hydrogen-bond donors (Lipinski definition) is 0. The fraction of sp³-hybridized carbons (Fsp3) is 0.750. The van der Waals surface area contributed by atoms with Crippen molar-refractivity contribution in [2.75, 3.05) is 12.3 Å².